The Morgan fingerprint density at radius 1 is 1.29 bits per heavy atom. The van der Waals surface area contributed by atoms with E-state index < -0.39 is 12.6 Å². The van der Waals surface area contributed by atoms with Crippen LogP contribution in [-0.4, -0.2) is 22.9 Å². The zero-order chi connectivity index (χ0) is 10.6. The molecule has 2 N–H and O–H groups in total. The summed E-state index contributed by atoms with van der Waals surface area (Å²) < 4.78 is 40.0. The Balaban J connectivity index is 2.44. The highest BCUT2D eigenvalue weighted by atomic mass is 19.4. The second-order valence-electron chi connectivity index (χ2n) is 2.76. The van der Waals surface area contributed by atoms with Crippen LogP contribution in [-0.2, 0) is 12.8 Å². The maximum absolute atomic E-state index is 11.8. The van der Waals surface area contributed by atoms with Gasteiger partial charge in [0.05, 0.1) is 6.42 Å². The minimum atomic E-state index is -4.19. The van der Waals surface area contributed by atoms with Gasteiger partial charge in [0, 0.05) is 12.8 Å². The molecule has 0 aliphatic carbocycles. The summed E-state index contributed by atoms with van der Waals surface area (Å²) in [6, 6.07) is 0. The molecule has 1 aromatic rings. The van der Waals surface area contributed by atoms with E-state index in [2.05, 4.69) is 14.7 Å². The summed E-state index contributed by atoms with van der Waals surface area (Å²) in [7, 11) is 0. The van der Waals surface area contributed by atoms with E-state index in [4.69, 9.17) is 5.73 Å². The van der Waals surface area contributed by atoms with E-state index in [1.54, 1.807) is 0 Å². The molecule has 0 aromatic carbocycles. The van der Waals surface area contributed by atoms with Gasteiger partial charge in [-0.25, -0.2) is 0 Å². The van der Waals surface area contributed by atoms with Crippen molar-refractivity contribution in [3.05, 3.63) is 11.7 Å². The molecule has 7 heteroatoms. The maximum atomic E-state index is 11.8. The summed E-state index contributed by atoms with van der Waals surface area (Å²) in [5.41, 5.74) is 5.21. The third-order valence-electron chi connectivity index (χ3n) is 1.50. The highest BCUT2D eigenvalue weighted by Crippen LogP contribution is 2.21. The van der Waals surface area contributed by atoms with Crippen LogP contribution in [0.1, 0.15) is 18.1 Å². The van der Waals surface area contributed by atoms with Gasteiger partial charge in [0.1, 0.15) is 0 Å². The van der Waals surface area contributed by atoms with Crippen LogP contribution in [0.25, 0.3) is 0 Å². The maximum Gasteiger partial charge on any atom is 0.389 e. The van der Waals surface area contributed by atoms with Gasteiger partial charge in [0.2, 0.25) is 5.89 Å². The molecule has 0 aliphatic rings. The molecule has 0 saturated heterocycles. The molecule has 1 rings (SSSR count). The van der Waals surface area contributed by atoms with E-state index in [1.807, 2.05) is 0 Å². The van der Waals surface area contributed by atoms with Crippen LogP contribution in [0, 0.1) is 0 Å². The number of aryl methyl sites for hydroxylation is 1. The molecule has 4 nitrogen and oxygen atoms in total. The van der Waals surface area contributed by atoms with Crippen LogP contribution in [0.15, 0.2) is 4.52 Å². The third kappa shape index (κ3) is 3.73. The van der Waals surface area contributed by atoms with E-state index in [0.29, 0.717) is 18.8 Å². The monoisotopic (exact) mass is 209 g/mol. The predicted octanol–water partition coefficient (Wildman–Crippen LogP) is 1.07. The number of nitrogens with two attached hydrogens (primary N) is 1. The number of aromatic nitrogens is 2. The van der Waals surface area contributed by atoms with Gasteiger partial charge in [-0.1, -0.05) is 5.16 Å². The smallest absolute Gasteiger partial charge is 0.339 e. The molecule has 1 aromatic heterocycles. The van der Waals surface area contributed by atoms with E-state index in [-0.39, 0.29) is 12.3 Å². The van der Waals surface area contributed by atoms with E-state index in [1.165, 1.54) is 0 Å². The van der Waals surface area contributed by atoms with Crippen molar-refractivity contribution in [1.82, 2.24) is 10.1 Å². The van der Waals surface area contributed by atoms with Crippen LogP contribution in [0.2, 0.25) is 0 Å². The zero-order valence-corrected chi connectivity index (χ0v) is 7.34. The molecule has 14 heavy (non-hydrogen) atoms. The van der Waals surface area contributed by atoms with Gasteiger partial charge >= 0.3 is 6.18 Å². The Labute approximate surface area is 78.3 Å². The van der Waals surface area contributed by atoms with Crippen molar-refractivity contribution in [1.29, 1.82) is 0 Å². The average Bonchev–Trinajstić information content (AvgIpc) is 2.49. The van der Waals surface area contributed by atoms with Crippen LogP contribution in [0.4, 0.5) is 13.2 Å². The van der Waals surface area contributed by atoms with Crippen molar-refractivity contribution in [2.75, 3.05) is 6.54 Å². The van der Waals surface area contributed by atoms with Crippen molar-refractivity contribution in [2.24, 2.45) is 5.73 Å². The zero-order valence-electron chi connectivity index (χ0n) is 7.34. The van der Waals surface area contributed by atoms with Crippen LogP contribution in [0.5, 0.6) is 0 Å². The lowest BCUT2D eigenvalue weighted by Crippen LogP contribution is -2.09. The number of nitrogens with zero attached hydrogens (tertiary/aromatic N) is 2. The van der Waals surface area contributed by atoms with Crippen molar-refractivity contribution in [2.45, 2.75) is 25.4 Å². The molecule has 0 atom stereocenters. The van der Waals surface area contributed by atoms with Crippen molar-refractivity contribution < 1.29 is 17.7 Å². The fraction of sp³-hybridized carbons (Fsp3) is 0.714. The molecule has 0 amide bonds. The van der Waals surface area contributed by atoms with Gasteiger partial charge in [-0.2, -0.15) is 18.2 Å². The van der Waals surface area contributed by atoms with E-state index in [9.17, 15) is 13.2 Å². The Morgan fingerprint density at radius 3 is 2.57 bits per heavy atom. The fourth-order valence-electron chi connectivity index (χ4n) is 0.871. The predicted molar refractivity (Wildman–Crippen MR) is 41.4 cm³/mol. The van der Waals surface area contributed by atoms with Crippen molar-refractivity contribution >= 4 is 0 Å². The Kier molecular flexibility index (Phi) is 3.45. The molecule has 0 radical (unpaired) electrons. The quantitative estimate of drug-likeness (QED) is 0.805. The fourth-order valence-corrected chi connectivity index (χ4v) is 0.871. The van der Waals surface area contributed by atoms with Gasteiger partial charge in [0.15, 0.2) is 5.82 Å². The highest BCUT2D eigenvalue weighted by molar-refractivity contribution is 4.87. The molecule has 0 fully saturated rings. The second kappa shape index (κ2) is 4.41. The van der Waals surface area contributed by atoms with Gasteiger partial charge in [0.25, 0.3) is 0 Å². The summed E-state index contributed by atoms with van der Waals surface area (Å²) in [6.07, 6.45) is -5.00. The third-order valence-corrected chi connectivity index (χ3v) is 1.50. The normalized spacial score (nSPS) is 12.0. The molecule has 0 unspecified atom stereocenters. The minimum absolute atomic E-state index is 0.00535. The number of halogens is 3. The first-order valence-electron chi connectivity index (χ1n) is 4.09. The largest absolute Gasteiger partial charge is 0.389 e. The van der Waals surface area contributed by atoms with Gasteiger partial charge in [-0.15, -0.1) is 0 Å². The van der Waals surface area contributed by atoms with Crippen LogP contribution < -0.4 is 5.73 Å². The van der Waals surface area contributed by atoms with E-state index in [0.717, 1.165) is 0 Å². The van der Waals surface area contributed by atoms with Crippen molar-refractivity contribution in [3.8, 4) is 0 Å². The average molecular weight is 209 g/mol. The SMILES string of the molecule is NCCc1noc(CCC(F)(F)F)n1. The van der Waals surface area contributed by atoms with E-state index >= 15 is 0 Å². The molecule has 80 valence electrons. The van der Waals surface area contributed by atoms with Crippen LogP contribution in [0.3, 0.4) is 0 Å². The number of hydrogen-bond acceptors (Lipinski definition) is 4. The highest BCUT2D eigenvalue weighted by Gasteiger charge is 2.27. The molecular weight excluding hydrogens is 199 g/mol. The molecule has 0 aliphatic heterocycles. The summed E-state index contributed by atoms with van der Waals surface area (Å²) in [5.74, 6) is 0.357. The first-order chi connectivity index (χ1) is 6.51. The number of hydrogen-bond donors (Lipinski definition) is 1. The molecule has 1 heterocycles. The van der Waals surface area contributed by atoms with Gasteiger partial charge < -0.3 is 10.3 Å². The lowest BCUT2D eigenvalue weighted by atomic mass is 10.3. The van der Waals surface area contributed by atoms with Crippen molar-refractivity contribution in [3.63, 3.8) is 0 Å². The van der Waals surface area contributed by atoms with Crippen LogP contribution >= 0.6 is 0 Å². The molecular formula is C7H10F3N3O. The summed E-state index contributed by atoms with van der Waals surface area (Å²) in [4.78, 5) is 3.75. The summed E-state index contributed by atoms with van der Waals surface area (Å²) in [5, 5.41) is 3.47. The van der Waals surface area contributed by atoms with Gasteiger partial charge in [-0.3, -0.25) is 0 Å². The number of alkyl halides is 3. The van der Waals surface area contributed by atoms with Gasteiger partial charge in [-0.05, 0) is 6.54 Å². The Morgan fingerprint density at radius 2 is 2.00 bits per heavy atom. The molecule has 0 saturated carbocycles. The number of rotatable bonds is 4. The Bertz CT molecular complexity index is 284. The molecule has 0 spiro atoms. The first-order valence-corrected chi connectivity index (χ1v) is 4.09. The topological polar surface area (TPSA) is 64.9 Å². The second-order valence-corrected chi connectivity index (χ2v) is 2.76. The first kappa shape index (κ1) is 11.0. The summed E-state index contributed by atoms with van der Waals surface area (Å²) >= 11 is 0. The summed E-state index contributed by atoms with van der Waals surface area (Å²) in [6.45, 7) is 0.345. The standard InChI is InChI=1S/C7H10F3N3O/c8-7(9,10)3-1-6-12-5(2-4-11)13-14-6/h1-4,11H2. The Hall–Kier alpha value is -1.11. The lowest BCUT2D eigenvalue weighted by molar-refractivity contribution is -0.134. The lowest BCUT2D eigenvalue weighted by Gasteiger charge is -2.01. The molecule has 0 bridgehead atoms. The minimum Gasteiger partial charge on any atom is -0.339 e.